The van der Waals surface area contributed by atoms with Gasteiger partial charge in [-0.15, -0.1) is 0 Å². The van der Waals surface area contributed by atoms with Gasteiger partial charge in [-0.25, -0.2) is 4.79 Å². The Bertz CT molecular complexity index is 368. The zero-order chi connectivity index (χ0) is 12.4. The summed E-state index contributed by atoms with van der Waals surface area (Å²) in [7, 11) is 0. The summed E-state index contributed by atoms with van der Waals surface area (Å²) < 4.78 is 5.23. The Morgan fingerprint density at radius 2 is 2.06 bits per heavy atom. The first-order valence-electron chi connectivity index (χ1n) is 6.29. The molecule has 1 aliphatic carbocycles. The molecule has 3 heteroatoms. The van der Waals surface area contributed by atoms with Crippen molar-refractivity contribution in [3.63, 3.8) is 0 Å². The Hall–Kier alpha value is -1.09. The van der Waals surface area contributed by atoms with Crippen LogP contribution in [-0.2, 0) is 9.53 Å². The monoisotopic (exact) mass is 236 g/mol. The molecule has 3 nitrogen and oxygen atoms in total. The van der Waals surface area contributed by atoms with E-state index in [1.54, 1.807) is 0 Å². The molecule has 17 heavy (non-hydrogen) atoms. The molecule has 0 aromatic carbocycles. The highest BCUT2D eigenvalue weighted by atomic mass is 16.6. The van der Waals surface area contributed by atoms with Gasteiger partial charge in [-0.3, -0.25) is 0 Å². The van der Waals surface area contributed by atoms with Gasteiger partial charge in [-0.05, 0) is 45.6 Å². The number of aliphatic hydroxyl groups excluding tert-OH is 1. The molecular weight excluding hydrogens is 216 g/mol. The van der Waals surface area contributed by atoms with Crippen LogP contribution < -0.4 is 0 Å². The number of carbonyl (C=O) groups excluding carboxylic acids is 1. The number of carbonyl (C=O) groups is 1. The van der Waals surface area contributed by atoms with Gasteiger partial charge in [0.2, 0.25) is 0 Å². The van der Waals surface area contributed by atoms with Crippen molar-refractivity contribution in [1.29, 1.82) is 0 Å². The molecule has 1 saturated heterocycles. The Labute approximate surface area is 102 Å². The quantitative estimate of drug-likeness (QED) is 0.519. The molecule has 1 heterocycles. The number of fused-ring (bicyclic) bond motifs is 1. The number of hydrogen-bond donors (Lipinski definition) is 1. The molecule has 0 radical (unpaired) electrons. The van der Waals surface area contributed by atoms with Gasteiger partial charge < -0.3 is 9.84 Å². The number of esters is 1. The topological polar surface area (TPSA) is 46.5 Å². The third-order valence-corrected chi connectivity index (χ3v) is 3.67. The standard InChI is InChI=1S/C14H20O3/c1-9-4-3-5-10(2)8-12-11(7-6-9)13(15)14(16)17-12/h4,8,11-13,15H,3,5-7H2,1-2H3/b9-4-,10-8+/t11-,12-,13+/m1/s1. The van der Waals surface area contributed by atoms with Crippen LogP contribution in [0.3, 0.4) is 0 Å². The Balaban J connectivity index is 2.21. The van der Waals surface area contributed by atoms with Gasteiger partial charge in [-0.1, -0.05) is 17.2 Å². The van der Waals surface area contributed by atoms with Crippen molar-refractivity contribution in [3.05, 3.63) is 23.3 Å². The van der Waals surface area contributed by atoms with Crippen molar-refractivity contribution < 1.29 is 14.6 Å². The van der Waals surface area contributed by atoms with Crippen molar-refractivity contribution in [2.45, 2.75) is 51.7 Å². The van der Waals surface area contributed by atoms with Crippen LogP contribution in [0.2, 0.25) is 0 Å². The molecule has 0 amide bonds. The Morgan fingerprint density at radius 3 is 2.82 bits per heavy atom. The van der Waals surface area contributed by atoms with Crippen molar-refractivity contribution in [2.24, 2.45) is 5.92 Å². The first kappa shape index (κ1) is 12.4. The van der Waals surface area contributed by atoms with E-state index >= 15 is 0 Å². The summed E-state index contributed by atoms with van der Waals surface area (Å²) in [5.41, 5.74) is 2.57. The van der Waals surface area contributed by atoms with Crippen LogP contribution in [0.1, 0.15) is 39.5 Å². The highest BCUT2D eigenvalue weighted by molar-refractivity contribution is 5.77. The number of rotatable bonds is 0. The summed E-state index contributed by atoms with van der Waals surface area (Å²) in [5.74, 6) is -0.552. The molecule has 0 saturated carbocycles. The molecule has 0 bridgehead atoms. The maximum Gasteiger partial charge on any atom is 0.336 e. The van der Waals surface area contributed by atoms with E-state index < -0.39 is 12.1 Å². The van der Waals surface area contributed by atoms with Crippen LogP contribution in [0.25, 0.3) is 0 Å². The van der Waals surface area contributed by atoms with Gasteiger partial charge >= 0.3 is 5.97 Å². The van der Waals surface area contributed by atoms with Crippen molar-refractivity contribution in [3.8, 4) is 0 Å². The van der Waals surface area contributed by atoms with Crippen molar-refractivity contribution >= 4 is 5.97 Å². The molecule has 2 rings (SSSR count). The summed E-state index contributed by atoms with van der Waals surface area (Å²) in [6, 6.07) is 0. The van der Waals surface area contributed by atoms with E-state index in [1.807, 2.05) is 6.08 Å². The van der Waals surface area contributed by atoms with Crippen molar-refractivity contribution in [1.82, 2.24) is 0 Å². The van der Waals surface area contributed by atoms with Gasteiger partial charge in [0, 0.05) is 5.92 Å². The normalized spacial score (nSPS) is 40.6. The van der Waals surface area contributed by atoms with Gasteiger partial charge in [0.25, 0.3) is 0 Å². The zero-order valence-corrected chi connectivity index (χ0v) is 10.5. The lowest BCUT2D eigenvalue weighted by molar-refractivity contribution is -0.146. The predicted octanol–water partition coefficient (Wildman–Crippen LogP) is 2.36. The van der Waals surface area contributed by atoms with E-state index in [0.717, 1.165) is 25.7 Å². The largest absolute Gasteiger partial charge is 0.456 e. The van der Waals surface area contributed by atoms with E-state index in [-0.39, 0.29) is 12.0 Å². The highest BCUT2D eigenvalue weighted by Crippen LogP contribution is 2.31. The van der Waals surface area contributed by atoms with E-state index in [1.165, 1.54) is 11.1 Å². The van der Waals surface area contributed by atoms with Crippen molar-refractivity contribution in [2.75, 3.05) is 0 Å². The van der Waals surface area contributed by atoms with E-state index in [0.29, 0.717) is 0 Å². The summed E-state index contributed by atoms with van der Waals surface area (Å²) >= 11 is 0. The fraction of sp³-hybridized carbons (Fsp3) is 0.643. The number of aliphatic hydroxyl groups is 1. The molecule has 1 aliphatic heterocycles. The fourth-order valence-electron chi connectivity index (χ4n) is 2.53. The van der Waals surface area contributed by atoms with E-state index in [4.69, 9.17) is 4.74 Å². The maximum absolute atomic E-state index is 11.4. The fourth-order valence-corrected chi connectivity index (χ4v) is 2.53. The van der Waals surface area contributed by atoms with Crippen LogP contribution in [0.5, 0.6) is 0 Å². The third kappa shape index (κ3) is 2.78. The molecule has 3 atom stereocenters. The zero-order valence-electron chi connectivity index (χ0n) is 10.5. The molecular formula is C14H20O3. The first-order chi connectivity index (χ1) is 8.08. The smallest absolute Gasteiger partial charge is 0.336 e. The summed E-state index contributed by atoms with van der Waals surface area (Å²) in [6.45, 7) is 4.17. The minimum absolute atomic E-state index is 0.0844. The molecule has 0 unspecified atom stereocenters. The second-order valence-electron chi connectivity index (χ2n) is 5.15. The number of ether oxygens (including phenoxy) is 1. The van der Waals surface area contributed by atoms with Gasteiger partial charge in [0.15, 0.2) is 6.10 Å². The van der Waals surface area contributed by atoms with Crippen LogP contribution in [0.4, 0.5) is 0 Å². The second-order valence-corrected chi connectivity index (χ2v) is 5.15. The van der Waals surface area contributed by atoms with Gasteiger partial charge in [-0.2, -0.15) is 0 Å². The average Bonchev–Trinajstić information content (AvgIpc) is 2.52. The molecule has 1 N–H and O–H groups in total. The van der Waals surface area contributed by atoms with Crippen LogP contribution in [-0.4, -0.2) is 23.3 Å². The maximum atomic E-state index is 11.4. The number of hydrogen-bond acceptors (Lipinski definition) is 3. The first-order valence-corrected chi connectivity index (χ1v) is 6.29. The van der Waals surface area contributed by atoms with E-state index in [2.05, 4.69) is 19.9 Å². The third-order valence-electron chi connectivity index (χ3n) is 3.67. The molecule has 0 spiro atoms. The van der Waals surface area contributed by atoms with Crippen LogP contribution >= 0.6 is 0 Å². The summed E-state index contributed by atoms with van der Waals surface area (Å²) in [5, 5.41) is 9.82. The molecule has 2 aliphatic rings. The Kier molecular flexibility index (Phi) is 3.67. The van der Waals surface area contributed by atoms with Crippen LogP contribution in [0, 0.1) is 5.92 Å². The van der Waals surface area contributed by atoms with Crippen LogP contribution in [0.15, 0.2) is 23.3 Å². The Morgan fingerprint density at radius 1 is 1.29 bits per heavy atom. The molecule has 94 valence electrons. The van der Waals surface area contributed by atoms with Gasteiger partial charge in [0.05, 0.1) is 0 Å². The summed E-state index contributed by atoms with van der Waals surface area (Å²) in [6.07, 6.45) is 6.86. The van der Waals surface area contributed by atoms with Gasteiger partial charge in [0.1, 0.15) is 6.10 Å². The molecule has 1 fully saturated rings. The van der Waals surface area contributed by atoms with E-state index in [9.17, 15) is 9.90 Å². The predicted molar refractivity (Wildman–Crippen MR) is 65.4 cm³/mol. The molecule has 0 aromatic rings. The summed E-state index contributed by atoms with van der Waals surface area (Å²) in [4.78, 5) is 11.4. The lowest BCUT2D eigenvalue weighted by Gasteiger charge is -2.18. The lowest BCUT2D eigenvalue weighted by Crippen LogP contribution is -2.24. The second kappa shape index (κ2) is 5.05. The lowest BCUT2D eigenvalue weighted by atomic mass is 9.89. The average molecular weight is 236 g/mol. The SMILES string of the molecule is C/C1=C/CC/C(C)=C/[C@H]2OC(=O)[C@@H](O)[C@@H]2CC1. The highest BCUT2D eigenvalue weighted by Gasteiger charge is 2.42. The molecule has 0 aromatic heterocycles. The number of allylic oxidation sites excluding steroid dienone is 3. The minimum atomic E-state index is -0.948. The minimum Gasteiger partial charge on any atom is -0.456 e.